The van der Waals surface area contributed by atoms with E-state index in [9.17, 15) is 9.59 Å². The first-order chi connectivity index (χ1) is 12.0. The molecule has 1 heterocycles. The number of halogens is 1. The van der Waals surface area contributed by atoms with Crippen LogP contribution in [0.2, 0.25) is 5.02 Å². The highest BCUT2D eigenvalue weighted by atomic mass is 35.5. The van der Waals surface area contributed by atoms with Gasteiger partial charge in [0.05, 0.1) is 13.1 Å². The monoisotopic (exact) mass is 364 g/mol. The highest BCUT2D eigenvalue weighted by Gasteiger charge is 2.20. The molecule has 25 heavy (non-hydrogen) atoms. The minimum Gasteiger partial charge on any atom is -0.352 e. The van der Waals surface area contributed by atoms with Crippen LogP contribution in [0.1, 0.15) is 5.56 Å². The van der Waals surface area contributed by atoms with Crippen molar-refractivity contribution in [3.05, 3.63) is 41.4 Å². The molecule has 0 aromatic heterocycles. The molecule has 7 heteroatoms. The van der Waals surface area contributed by atoms with Gasteiger partial charge in [0.1, 0.15) is 0 Å². The fraction of sp³-hybridized carbons (Fsp3) is 0.444. The first kappa shape index (κ1) is 19.4. The van der Waals surface area contributed by atoms with Gasteiger partial charge in [0.25, 0.3) is 0 Å². The number of anilines is 1. The van der Waals surface area contributed by atoms with Crippen molar-refractivity contribution in [2.45, 2.75) is 6.92 Å². The first-order valence-corrected chi connectivity index (χ1v) is 8.74. The van der Waals surface area contributed by atoms with Crippen LogP contribution in [-0.2, 0) is 9.59 Å². The number of piperazine rings is 1. The van der Waals surface area contributed by atoms with Crippen LogP contribution in [0.3, 0.4) is 0 Å². The third-order valence-electron chi connectivity index (χ3n) is 4.10. The molecule has 0 unspecified atom stereocenters. The third kappa shape index (κ3) is 6.49. The highest BCUT2D eigenvalue weighted by molar-refractivity contribution is 6.31. The summed E-state index contributed by atoms with van der Waals surface area (Å²) in [5, 5.41) is 6.28. The summed E-state index contributed by atoms with van der Waals surface area (Å²) in [7, 11) is 0. The number of benzene rings is 1. The van der Waals surface area contributed by atoms with Crippen LogP contribution in [-0.4, -0.2) is 67.4 Å². The minimum absolute atomic E-state index is 0.00217. The molecular weight excluding hydrogens is 340 g/mol. The molecule has 136 valence electrons. The van der Waals surface area contributed by atoms with E-state index in [-0.39, 0.29) is 11.8 Å². The fourth-order valence-electron chi connectivity index (χ4n) is 2.62. The lowest BCUT2D eigenvalue weighted by molar-refractivity contribution is -0.123. The number of aryl methyl sites for hydroxylation is 1. The number of nitrogens with zero attached hydrogens (tertiary/aromatic N) is 2. The second-order valence-electron chi connectivity index (χ2n) is 6.16. The van der Waals surface area contributed by atoms with Crippen LogP contribution in [0.5, 0.6) is 0 Å². The van der Waals surface area contributed by atoms with Gasteiger partial charge in [-0.15, -0.1) is 6.58 Å². The molecule has 1 aliphatic rings. The third-order valence-corrected chi connectivity index (χ3v) is 4.51. The molecular formula is C18H25ClN4O2. The van der Waals surface area contributed by atoms with Gasteiger partial charge in [-0.25, -0.2) is 0 Å². The fourth-order valence-corrected chi connectivity index (χ4v) is 2.81. The van der Waals surface area contributed by atoms with Crippen LogP contribution >= 0.6 is 11.6 Å². The predicted molar refractivity (Wildman–Crippen MR) is 101 cm³/mol. The summed E-state index contributed by atoms with van der Waals surface area (Å²) in [4.78, 5) is 28.0. The predicted octanol–water partition coefficient (Wildman–Crippen LogP) is 1.51. The van der Waals surface area contributed by atoms with Crippen molar-refractivity contribution in [3.63, 3.8) is 0 Å². The Labute approximate surface area is 153 Å². The van der Waals surface area contributed by atoms with Crippen LogP contribution in [0.4, 0.5) is 5.69 Å². The van der Waals surface area contributed by atoms with Gasteiger partial charge in [0, 0.05) is 43.4 Å². The quantitative estimate of drug-likeness (QED) is 0.720. The number of carbonyl (C=O) groups is 2. The van der Waals surface area contributed by atoms with E-state index in [1.54, 1.807) is 12.1 Å². The van der Waals surface area contributed by atoms with Crippen LogP contribution < -0.4 is 10.6 Å². The Bertz CT molecular complexity index is 628. The SMILES string of the molecule is C=CCNC(=O)CN1CCN(CC(=O)Nc2ccc(C)c(Cl)c2)CC1. The topological polar surface area (TPSA) is 64.7 Å². The zero-order valence-corrected chi connectivity index (χ0v) is 15.3. The Morgan fingerprint density at radius 2 is 1.76 bits per heavy atom. The van der Waals surface area contributed by atoms with Crippen molar-refractivity contribution < 1.29 is 9.59 Å². The number of carbonyl (C=O) groups excluding carboxylic acids is 2. The Morgan fingerprint density at radius 3 is 2.32 bits per heavy atom. The number of rotatable bonds is 7. The van der Waals surface area contributed by atoms with E-state index in [1.807, 2.05) is 19.1 Å². The van der Waals surface area contributed by atoms with Crippen molar-refractivity contribution in [2.24, 2.45) is 0 Å². The minimum atomic E-state index is -0.0582. The summed E-state index contributed by atoms with van der Waals surface area (Å²) in [5.41, 5.74) is 1.69. The smallest absolute Gasteiger partial charge is 0.238 e. The molecule has 2 N–H and O–H groups in total. The lowest BCUT2D eigenvalue weighted by Gasteiger charge is -2.33. The Morgan fingerprint density at radius 1 is 1.16 bits per heavy atom. The van der Waals surface area contributed by atoms with Crippen LogP contribution in [0, 0.1) is 6.92 Å². The average molecular weight is 365 g/mol. The summed E-state index contributed by atoms with van der Waals surface area (Å²) < 4.78 is 0. The molecule has 0 atom stereocenters. The lowest BCUT2D eigenvalue weighted by Crippen LogP contribution is -2.51. The van der Waals surface area contributed by atoms with E-state index >= 15 is 0 Å². The number of nitrogens with one attached hydrogen (secondary N) is 2. The molecule has 2 amide bonds. The summed E-state index contributed by atoms with van der Waals surface area (Å²) in [6, 6.07) is 5.49. The average Bonchev–Trinajstić information content (AvgIpc) is 2.58. The van der Waals surface area contributed by atoms with E-state index in [0.717, 1.165) is 31.7 Å². The van der Waals surface area contributed by atoms with E-state index in [1.165, 1.54) is 0 Å². The van der Waals surface area contributed by atoms with Gasteiger partial charge in [0.2, 0.25) is 11.8 Å². The molecule has 0 aliphatic carbocycles. The molecule has 1 fully saturated rings. The van der Waals surface area contributed by atoms with E-state index < -0.39 is 0 Å². The zero-order valence-electron chi connectivity index (χ0n) is 14.6. The Balaban J connectivity index is 1.72. The molecule has 6 nitrogen and oxygen atoms in total. The summed E-state index contributed by atoms with van der Waals surface area (Å²) in [6.45, 7) is 9.76. The zero-order chi connectivity index (χ0) is 18.2. The second-order valence-corrected chi connectivity index (χ2v) is 6.56. The van der Waals surface area contributed by atoms with Crippen LogP contribution in [0.15, 0.2) is 30.9 Å². The summed E-state index contributed by atoms with van der Waals surface area (Å²) in [5.74, 6) is -0.0561. The normalized spacial score (nSPS) is 15.6. The molecule has 1 aliphatic heterocycles. The maximum Gasteiger partial charge on any atom is 0.238 e. The van der Waals surface area contributed by atoms with Gasteiger partial charge in [-0.2, -0.15) is 0 Å². The first-order valence-electron chi connectivity index (χ1n) is 8.36. The second kappa shape index (κ2) is 9.56. The van der Waals surface area contributed by atoms with Gasteiger partial charge in [0.15, 0.2) is 0 Å². The largest absolute Gasteiger partial charge is 0.352 e. The van der Waals surface area contributed by atoms with Gasteiger partial charge in [-0.05, 0) is 24.6 Å². The molecule has 1 aromatic rings. The van der Waals surface area contributed by atoms with Crippen LogP contribution in [0.25, 0.3) is 0 Å². The van der Waals surface area contributed by atoms with Crippen molar-refractivity contribution in [1.29, 1.82) is 0 Å². The molecule has 0 saturated carbocycles. The molecule has 1 saturated heterocycles. The Hall–Kier alpha value is -1.89. The molecule has 1 aromatic carbocycles. The Kier molecular flexibility index (Phi) is 7.43. The highest BCUT2D eigenvalue weighted by Crippen LogP contribution is 2.19. The summed E-state index contributed by atoms with van der Waals surface area (Å²) in [6.07, 6.45) is 1.66. The van der Waals surface area contributed by atoms with E-state index in [0.29, 0.717) is 30.3 Å². The van der Waals surface area contributed by atoms with E-state index in [2.05, 4.69) is 27.0 Å². The molecule has 0 bridgehead atoms. The van der Waals surface area contributed by atoms with Crippen molar-refractivity contribution in [2.75, 3.05) is 51.1 Å². The lowest BCUT2D eigenvalue weighted by atomic mass is 10.2. The molecule has 2 rings (SSSR count). The number of amides is 2. The molecule has 0 radical (unpaired) electrons. The summed E-state index contributed by atoms with van der Waals surface area (Å²) >= 11 is 6.07. The van der Waals surface area contributed by atoms with E-state index in [4.69, 9.17) is 11.6 Å². The molecule has 0 spiro atoms. The van der Waals surface area contributed by atoms with Crippen molar-refractivity contribution >= 4 is 29.1 Å². The van der Waals surface area contributed by atoms with Gasteiger partial charge in [-0.3, -0.25) is 19.4 Å². The van der Waals surface area contributed by atoms with Crippen molar-refractivity contribution in [3.8, 4) is 0 Å². The van der Waals surface area contributed by atoms with Gasteiger partial charge >= 0.3 is 0 Å². The number of hydrogen-bond donors (Lipinski definition) is 2. The van der Waals surface area contributed by atoms with Crippen molar-refractivity contribution in [1.82, 2.24) is 15.1 Å². The maximum absolute atomic E-state index is 12.2. The van der Waals surface area contributed by atoms with Gasteiger partial charge < -0.3 is 10.6 Å². The standard InChI is InChI=1S/C18H25ClN4O2/c1-3-6-20-17(24)12-22-7-9-23(10-8-22)13-18(25)21-15-5-4-14(2)16(19)11-15/h3-5,11H,1,6-10,12-13H2,2H3,(H,20,24)(H,21,25). The maximum atomic E-state index is 12.2. The number of hydrogen-bond acceptors (Lipinski definition) is 4. The van der Waals surface area contributed by atoms with Gasteiger partial charge in [-0.1, -0.05) is 23.7 Å².